The molecule has 3 nitrogen and oxygen atoms in total. The van der Waals surface area contributed by atoms with Crippen LogP contribution >= 0.6 is 0 Å². The van der Waals surface area contributed by atoms with Gasteiger partial charge in [0.2, 0.25) is 5.91 Å². The van der Waals surface area contributed by atoms with Crippen molar-refractivity contribution in [1.82, 2.24) is 10.6 Å². The number of carbonyl (C=O) groups is 1. The van der Waals surface area contributed by atoms with E-state index in [2.05, 4.69) is 41.5 Å². The van der Waals surface area contributed by atoms with Crippen molar-refractivity contribution in [1.29, 1.82) is 0 Å². The Hall–Kier alpha value is -2.62. The molecule has 0 aromatic heterocycles. The Balaban J connectivity index is 1.72. The maximum atomic E-state index is 13.1. The van der Waals surface area contributed by atoms with E-state index in [4.69, 9.17) is 0 Å². The van der Waals surface area contributed by atoms with E-state index in [1.807, 2.05) is 6.07 Å². The lowest BCUT2D eigenvalue weighted by molar-refractivity contribution is -0.118. The quantitative estimate of drug-likeness (QED) is 0.730. The summed E-state index contributed by atoms with van der Waals surface area (Å²) in [5.41, 5.74) is 4.27. The molecule has 0 bridgehead atoms. The molecular weight excluding hydrogens is 315 g/mol. The van der Waals surface area contributed by atoms with Crippen LogP contribution in [-0.4, -0.2) is 12.5 Å². The zero-order chi connectivity index (χ0) is 18.1. The van der Waals surface area contributed by atoms with E-state index in [-0.39, 0.29) is 11.7 Å². The van der Waals surface area contributed by atoms with Crippen LogP contribution in [0.3, 0.4) is 0 Å². The molecule has 0 aliphatic carbocycles. The first-order chi connectivity index (χ1) is 12.0. The summed E-state index contributed by atoms with van der Waals surface area (Å²) in [6, 6.07) is 15.2. The summed E-state index contributed by atoms with van der Waals surface area (Å²) in [6.07, 6.45) is 2.85. The summed E-state index contributed by atoms with van der Waals surface area (Å²) < 4.78 is 13.1. The first-order valence-corrected chi connectivity index (χ1v) is 8.51. The highest BCUT2D eigenvalue weighted by atomic mass is 19.1. The Morgan fingerprint density at radius 1 is 1.00 bits per heavy atom. The van der Waals surface area contributed by atoms with Gasteiger partial charge in [0.25, 0.3) is 0 Å². The van der Waals surface area contributed by atoms with Crippen molar-refractivity contribution in [3.8, 4) is 0 Å². The van der Waals surface area contributed by atoms with E-state index in [1.165, 1.54) is 18.6 Å². The van der Waals surface area contributed by atoms with E-state index in [0.29, 0.717) is 13.1 Å². The van der Waals surface area contributed by atoms with Gasteiger partial charge in [0.1, 0.15) is 5.82 Å². The van der Waals surface area contributed by atoms with Crippen LogP contribution in [0.25, 0.3) is 0 Å². The fourth-order valence-electron chi connectivity index (χ4n) is 2.53. The maximum absolute atomic E-state index is 13.1. The molecule has 0 unspecified atom stereocenters. The Bertz CT molecular complexity index is 710. The van der Waals surface area contributed by atoms with E-state index >= 15 is 0 Å². The summed E-state index contributed by atoms with van der Waals surface area (Å²) in [6.45, 7) is 6.49. The first-order valence-electron chi connectivity index (χ1n) is 8.51. The molecule has 25 heavy (non-hydrogen) atoms. The molecule has 4 heteroatoms. The van der Waals surface area contributed by atoms with Gasteiger partial charge in [0.15, 0.2) is 0 Å². The van der Waals surface area contributed by atoms with Gasteiger partial charge < -0.3 is 10.6 Å². The SMILES string of the molecule is C=C(CNC(C)=O)NCc1ccc(CCCc2cccc(F)c2)cc1. The fourth-order valence-corrected chi connectivity index (χ4v) is 2.53. The van der Waals surface area contributed by atoms with Crippen molar-refractivity contribution in [3.05, 3.63) is 83.3 Å². The lowest BCUT2D eigenvalue weighted by Gasteiger charge is -2.10. The van der Waals surface area contributed by atoms with Gasteiger partial charge in [0, 0.05) is 19.2 Å². The predicted octanol–water partition coefficient (Wildman–Crippen LogP) is 3.74. The molecule has 0 radical (unpaired) electrons. The Morgan fingerprint density at radius 3 is 2.36 bits per heavy atom. The second-order valence-corrected chi connectivity index (χ2v) is 6.17. The molecule has 0 saturated heterocycles. The molecule has 2 N–H and O–H groups in total. The van der Waals surface area contributed by atoms with Crippen molar-refractivity contribution in [2.45, 2.75) is 32.7 Å². The number of hydrogen-bond donors (Lipinski definition) is 2. The number of nitrogens with one attached hydrogen (secondary N) is 2. The molecule has 0 spiro atoms. The van der Waals surface area contributed by atoms with E-state index < -0.39 is 0 Å². The predicted molar refractivity (Wildman–Crippen MR) is 99.5 cm³/mol. The third-order valence-corrected chi connectivity index (χ3v) is 3.94. The number of benzene rings is 2. The summed E-state index contributed by atoms with van der Waals surface area (Å²) in [7, 11) is 0. The van der Waals surface area contributed by atoms with Gasteiger partial charge in [-0.25, -0.2) is 4.39 Å². The number of hydrogen-bond acceptors (Lipinski definition) is 2. The van der Waals surface area contributed by atoms with E-state index in [0.717, 1.165) is 36.1 Å². The normalized spacial score (nSPS) is 10.3. The highest BCUT2D eigenvalue weighted by Crippen LogP contribution is 2.11. The number of carbonyl (C=O) groups excluding carboxylic acids is 1. The lowest BCUT2D eigenvalue weighted by Crippen LogP contribution is -2.27. The number of halogens is 1. The molecule has 0 fully saturated rings. The standard InChI is InChI=1S/C21H25FN2O/c1-16(14-24-17(2)25)23-15-20-11-9-18(10-12-20)5-3-6-19-7-4-8-21(22)13-19/h4,7-13,23H,1,3,5-6,14-15H2,2H3,(H,24,25). The summed E-state index contributed by atoms with van der Waals surface area (Å²) in [5.74, 6) is -0.236. The molecule has 2 aromatic carbocycles. The van der Waals surface area contributed by atoms with Crippen LogP contribution in [0.5, 0.6) is 0 Å². The van der Waals surface area contributed by atoms with Crippen molar-refractivity contribution in [3.63, 3.8) is 0 Å². The average molecular weight is 340 g/mol. The zero-order valence-corrected chi connectivity index (χ0v) is 14.6. The molecule has 0 atom stereocenters. The van der Waals surface area contributed by atoms with Crippen LogP contribution < -0.4 is 10.6 Å². The number of rotatable bonds is 9. The lowest BCUT2D eigenvalue weighted by atomic mass is 10.0. The molecular formula is C21H25FN2O. The Labute approximate surface area is 149 Å². The van der Waals surface area contributed by atoms with Crippen molar-refractivity contribution in [2.24, 2.45) is 0 Å². The Morgan fingerprint density at radius 2 is 1.68 bits per heavy atom. The topological polar surface area (TPSA) is 41.1 Å². The van der Waals surface area contributed by atoms with Gasteiger partial charge in [-0.2, -0.15) is 0 Å². The van der Waals surface area contributed by atoms with Crippen LogP contribution in [0.1, 0.15) is 30.0 Å². The summed E-state index contributed by atoms with van der Waals surface area (Å²) >= 11 is 0. The molecule has 132 valence electrons. The smallest absolute Gasteiger partial charge is 0.217 e. The van der Waals surface area contributed by atoms with Gasteiger partial charge in [0.05, 0.1) is 6.54 Å². The highest BCUT2D eigenvalue weighted by Gasteiger charge is 2.00. The summed E-state index contributed by atoms with van der Waals surface area (Å²) in [5, 5.41) is 5.91. The number of aryl methyl sites for hydroxylation is 2. The Kier molecular flexibility index (Phi) is 7.20. The van der Waals surface area contributed by atoms with Crippen LogP contribution in [0, 0.1) is 5.82 Å². The molecule has 2 aromatic rings. The minimum absolute atomic E-state index is 0.0643. The fraction of sp³-hybridized carbons (Fsp3) is 0.286. The monoisotopic (exact) mass is 340 g/mol. The van der Waals surface area contributed by atoms with Gasteiger partial charge in [-0.1, -0.05) is 43.0 Å². The molecule has 2 rings (SSSR count). The molecule has 0 saturated carbocycles. The van der Waals surface area contributed by atoms with E-state index in [1.54, 1.807) is 12.1 Å². The van der Waals surface area contributed by atoms with Gasteiger partial charge in [-0.3, -0.25) is 4.79 Å². The third kappa shape index (κ3) is 7.21. The minimum atomic E-state index is -0.172. The first kappa shape index (κ1) is 18.7. The summed E-state index contributed by atoms with van der Waals surface area (Å²) in [4.78, 5) is 10.9. The van der Waals surface area contributed by atoms with Crippen LogP contribution in [0.15, 0.2) is 60.8 Å². The zero-order valence-electron chi connectivity index (χ0n) is 14.6. The molecule has 0 heterocycles. The van der Waals surface area contributed by atoms with Gasteiger partial charge in [-0.15, -0.1) is 0 Å². The van der Waals surface area contributed by atoms with Crippen LogP contribution in [0.4, 0.5) is 4.39 Å². The minimum Gasteiger partial charge on any atom is -0.383 e. The van der Waals surface area contributed by atoms with Gasteiger partial charge in [-0.05, 0) is 48.1 Å². The maximum Gasteiger partial charge on any atom is 0.217 e. The van der Waals surface area contributed by atoms with Crippen LogP contribution in [-0.2, 0) is 24.2 Å². The molecule has 0 aliphatic heterocycles. The van der Waals surface area contributed by atoms with Crippen molar-refractivity contribution < 1.29 is 9.18 Å². The molecule has 0 aliphatic rings. The van der Waals surface area contributed by atoms with E-state index in [9.17, 15) is 9.18 Å². The molecule has 1 amide bonds. The van der Waals surface area contributed by atoms with Crippen LogP contribution in [0.2, 0.25) is 0 Å². The second kappa shape index (κ2) is 9.62. The largest absolute Gasteiger partial charge is 0.383 e. The second-order valence-electron chi connectivity index (χ2n) is 6.17. The van der Waals surface area contributed by atoms with Crippen molar-refractivity contribution in [2.75, 3.05) is 6.54 Å². The number of amides is 1. The third-order valence-electron chi connectivity index (χ3n) is 3.94. The average Bonchev–Trinajstić information content (AvgIpc) is 2.59. The van der Waals surface area contributed by atoms with Gasteiger partial charge >= 0.3 is 0 Å². The van der Waals surface area contributed by atoms with Crippen molar-refractivity contribution >= 4 is 5.91 Å². The highest BCUT2D eigenvalue weighted by molar-refractivity contribution is 5.73.